The van der Waals surface area contributed by atoms with Gasteiger partial charge in [0.2, 0.25) is 0 Å². The quantitative estimate of drug-likeness (QED) is 0.526. The van der Waals surface area contributed by atoms with Gasteiger partial charge in [0.25, 0.3) is 0 Å². The fourth-order valence-electron chi connectivity index (χ4n) is 2.90. The Morgan fingerprint density at radius 3 is 2.77 bits per heavy atom. The first-order valence-electron chi connectivity index (χ1n) is 7.50. The summed E-state index contributed by atoms with van der Waals surface area (Å²) in [4.78, 5) is 9.10. The summed E-state index contributed by atoms with van der Waals surface area (Å²) >= 11 is 0. The number of fused-ring (bicyclic) bond motifs is 3. The molecule has 0 unspecified atom stereocenters. The summed E-state index contributed by atoms with van der Waals surface area (Å²) < 4.78 is 6.11. The highest BCUT2D eigenvalue weighted by Crippen LogP contribution is 2.36. The number of aromatic nitrogens is 2. The first-order valence-corrected chi connectivity index (χ1v) is 7.50. The number of hydrogen-bond acceptors (Lipinski definition) is 3. The molecule has 3 aromatic heterocycles. The Kier molecular flexibility index (Phi) is 2.93. The number of furan rings is 1. The topological polar surface area (TPSA) is 38.9 Å². The molecule has 0 aliphatic rings. The van der Waals surface area contributed by atoms with Crippen LogP contribution in [0.2, 0.25) is 0 Å². The zero-order valence-corrected chi connectivity index (χ0v) is 12.6. The van der Waals surface area contributed by atoms with Gasteiger partial charge in [0.1, 0.15) is 11.2 Å². The minimum Gasteiger partial charge on any atom is -0.455 e. The predicted molar refractivity (Wildman–Crippen MR) is 88.9 cm³/mol. The Labute approximate surface area is 128 Å². The average molecular weight is 288 g/mol. The highest BCUT2D eigenvalue weighted by molar-refractivity contribution is 6.09. The molecule has 3 heteroatoms. The van der Waals surface area contributed by atoms with Gasteiger partial charge in [0.15, 0.2) is 0 Å². The van der Waals surface area contributed by atoms with Crippen molar-refractivity contribution >= 4 is 21.9 Å². The third kappa shape index (κ3) is 1.90. The largest absolute Gasteiger partial charge is 0.455 e. The van der Waals surface area contributed by atoms with Gasteiger partial charge < -0.3 is 4.42 Å². The summed E-state index contributed by atoms with van der Waals surface area (Å²) in [5, 5.41) is 2.14. The van der Waals surface area contributed by atoms with Gasteiger partial charge in [-0.05, 0) is 37.1 Å². The van der Waals surface area contributed by atoms with E-state index in [0.717, 1.165) is 45.3 Å². The Morgan fingerprint density at radius 2 is 1.91 bits per heavy atom. The first-order chi connectivity index (χ1) is 10.8. The van der Waals surface area contributed by atoms with E-state index in [-0.39, 0.29) is 0 Å². The number of benzene rings is 1. The van der Waals surface area contributed by atoms with Crippen molar-refractivity contribution in [1.82, 2.24) is 9.97 Å². The van der Waals surface area contributed by atoms with Crippen LogP contribution >= 0.6 is 0 Å². The van der Waals surface area contributed by atoms with E-state index in [4.69, 9.17) is 4.42 Å². The van der Waals surface area contributed by atoms with Crippen molar-refractivity contribution in [3.63, 3.8) is 0 Å². The average Bonchev–Trinajstić information content (AvgIpc) is 2.93. The summed E-state index contributed by atoms with van der Waals surface area (Å²) in [5.74, 6) is 0. The standard InChI is InChI=1S/C19H16N2O/c1-3-13-8-9-20-16(10-13)18-12(2)21-11-15-14-6-4-5-7-17(14)22-19(15)18/h4-11H,3H2,1-2H3. The molecule has 0 fully saturated rings. The molecule has 4 aromatic rings. The highest BCUT2D eigenvalue weighted by Gasteiger charge is 2.16. The van der Waals surface area contributed by atoms with Crippen molar-refractivity contribution < 1.29 is 4.42 Å². The molecule has 0 spiro atoms. The zero-order valence-electron chi connectivity index (χ0n) is 12.6. The van der Waals surface area contributed by atoms with Crippen LogP contribution in [0.1, 0.15) is 18.2 Å². The molecule has 0 amide bonds. The minimum atomic E-state index is 0.870. The molecule has 3 heterocycles. The minimum absolute atomic E-state index is 0.870. The number of hydrogen-bond donors (Lipinski definition) is 0. The fourth-order valence-corrected chi connectivity index (χ4v) is 2.90. The summed E-state index contributed by atoms with van der Waals surface area (Å²) in [7, 11) is 0. The maximum absolute atomic E-state index is 6.11. The lowest BCUT2D eigenvalue weighted by molar-refractivity contribution is 0.669. The summed E-state index contributed by atoms with van der Waals surface area (Å²) in [6.07, 6.45) is 4.73. The Morgan fingerprint density at radius 1 is 1.05 bits per heavy atom. The molecular formula is C19H16N2O. The smallest absolute Gasteiger partial charge is 0.148 e. The third-order valence-electron chi connectivity index (χ3n) is 4.10. The van der Waals surface area contributed by atoms with Gasteiger partial charge in [-0.15, -0.1) is 0 Å². The van der Waals surface area contributed by atoms with Crippen molar-refractivity contribution in [3.05, 3.63) is 60.0 Å². The summed E-state index contributed by atoms with van der Waals surface area (Å²) in [6.45, 7) is 4.15. The van der Waals surface area contributed by atoms with Crippen molar-refractivity contribution in [2.24, 2.45) is 0 Å². The van der Waals surface area contributed by atoms with Crippen LogP contribution in [0.3, 0.4) is 0 Å². The lowest BCUT2D eigenvalue weighted by atomic mass is 10.0. The van der Waals surface area contributed by atoms with E-state index in [0.29, 0.717) is 0 Å². The third-order valence-corrected chi connectivity index (χ3v) is 4.10. The Bertz CT molecular complexity index is 985. The number of para-hydroxylation sites is 1. The van der Waals surface area contributed by atoms with E-state index >= 15 is 0 Å². The van der Waals surface area contributed by atoms with E-state index in [1.165, 1.54) is 5.56 Å². The van der Waals surface area contributed by atoms with Crippen molar-refractivity contribution in [2.45, 2.75) is 20.3 Å². The molecule has 0 aliphatic carbocycles. The van der Waals surface area contributed by atoms with Crippen LogP contribution in [0.25, 0.3) is 33.2 Å². The Balaban J connectivity index is 2.09. The van der Waals surface area contributed by atoms with Crippen molar-refractivity contribution in [2.75, 3.05) is 0 Å². The van der Waals surface area contributed by atoms with Gasteiger partial charge in [-0.2, -0.15) is 0 Å². The van der Waals surface area contributed by atoms with Crippen LogP contribution in [0.4, 0.5) is 0 Å². The second-order valence-electron chi connectivity index (χ2n) is 5.46. The van der Waals surface area contributed by atoms with Gasteiger partial charge in [-0.25, -0.2) is 0 Å². The summed E-state index contributed by atoms with van der Waals surface area (Å²) in [5.41, 5.74) is 5.87. The lowest BCUT2D eigenvalue weighted by Gasteiger charge is -2.06. The van der Waals surface area contributed by atoms with Gasteiger partial charge in [-0.3, -0.25) is 9.97 Å². The van der Waals surface area contributed by atoms with Crippen LogP contribution < -0.4 is 0 Å². The normalized spacial score (nSPS) is 11.4. The molecule has 4 rings (SSSR count). The molecule has 22 heavy (non-hydrogen) atoms. The van der Waals surface area contributed by atoms with Gasteiger partial charge in [0.05, 0.1) is 17.0 Å². The lowest BCUT2D eigenvalue weighted by Crippen LogP contribution is -1.92. The molecule has 0 aliphatic heterocycles. The Hall–Kier alpha value is -2.68. The van der Waals surface area contributed by atoms with E-state index in [2.05, 4.69) is 29.0 Å². The molecule has 0 N–H and O–H groups in total. The monoisotopic (exact) mass is 288 g/mol. The van der Waals surface area contributed by atoms with Crippen molar-refractivity contribution in [1.29, 1.82) is 0 Å². The van der Waals surface area contributed by atoms with Crippen LogP contribution in [0.15, 0.2) is 53.2 Å². The molecule has 1 aromatic carbocycles. The number of nitrogens with zero attached hydrogens (tertiary/aromatic N) is 2. The van der Waals surface area contributed by atoms with Gasteiger partial charge in [-0.1, -0.05) is 25.1 Å². The van der Waals surface area contributed by atoms with E-state index < -0.39 is 0 Å². The van der Waals surface area contributed by atoms with Crippen LogP contribution in [0.5, 0.6) is 0 Å². The van der Waals surface area contributed by atoms with Crippen LogP contribution in [-0.4, -0.2) is 9.97 Å². The molecule has 0 atom stereocenters. The van der Waals surface area contributed by atoms with E-state index in [9.17, 15) is 0 Å². The van der Waals surface area contributed by atoms with E-state index in [1.807, 2.05) is 43.6 Å². The van der Waals surface area contributed by atoms with Gasteiger partial charge >= 0.3 is 0 Å². The molecule has 108 valence electrons. The van der Waals surface area contributed by atoms with Crippen LogP contribution in [-0.2, 0) is 6.42 Å². The molecule has 0 radical (unpaired) electrons. The van der Waals surface area contributed by atoms with Crippen LogP contribution in [0, 0.1) is 6.92 Å². The molecular weight excluding hydrogens is 272 g/mol. The number of rotatable bonds is 2. The maximum Gasteiger partial charge on any atom is 0.148 e. The second kappa shape index (κ2) is 4.95. The maximum atomic E-state index is 6.11. The highest BCUT2D eigenvalue weighted by atomic mass is 16.3. The predicted octanol–water partition coefficient (Wildman–Crippen LogP) is 4.91. The SMILES string of the molecule is CCc1ccnc(-c2c(C)ncc3c2oc2ccccc23)c1. The summed E-state index contributed by atoms with van der Waals surface area (Å²) in [6, 6.07) is 12.2. The zero-order chi connectivity index (χ0) is 15.1. The molecule has 0 bridgehead atoms. The fraction of sp³-hybridized carbons (Fsp3) is 0.158. The molecule has 0 saturated heterocycles. The first kappa shape index (κ1) is 13.0. The molecule has 3 nitrogen and oxygen atoms in total. The second-order valence-corrected chi connectivity index (χ2v) is 5.46. The van der Waals surface area contributed by atoms with E-state index in [1.54, 1.807) is 0 Å². The number of aryl methyl sites for hydroxylation is 2. The molecule has 0 saturated carbocycles. The number of pyridine rings is 2. The van der Waals surface area contributed by atoms with Crippen molar-refractivity contribution in [3.8, 4) is 11.3 Å². The van der Waals surface area contributed by atoms with Gasteiger partial charge in [0, 0.05) is 23.2 Å².